The monoisotopic (exact) mass is 320 g/mol. The fourth-order valence-corrected chi connectivity index (χ4v) is 2.93. The summed E-state index contributed by atoms with van der Waals surface area (Å²) in [7, 11) is 1.67. The summed E-state index contributed by atoms with van der Waals surface area (Å²) < 4.78 is 6.06. The molecule has 23 heavy (non-hydrogen) atoms. The Kier molecular flexibility index (Phi) is 5.52. The maximum Gasteiger partial charge on any atom is 0.321 e. The normalized spacial score (nSPS) is 15.5. The molecule has 2 rings (SSSR count). The van der Waals surface area contributed by atoms with Gasteiger partial charge in [0.15, 0.2) is 0 Å². The molecule has 2 amide bonds. The molecular weight excluding hydrogens is 292 g/mol. The Morgan fingerprint density at radius 2 is 2.04 bits per heavy atom. The van der Waals surface area contributed by atoms with Crippen LogP contribution in [-0.2, 0) is 0 Å². The SMILES string of the molecule is Cc1c(NC(=O)N(C)CC(C)(C)O)cccc1OC1CCCC1. The van der Waals surface area contributed by atoms with Crippen molar-refractivity contribution in [1.29, 1.82) is 0 Å². The molecule has 0 heterocycles. The van der Waals surface area contributed by atoms with Gasteiger partial charge in [-0.1, -0.05) is 6.07 Å². The van der Waals surface area contributed by atoms with Gasteiger partial charge in [-0.05, 0) is 58.6 Å². The third-order valence-corrected chi connectivity index (χ3v) is 4.09. The molecule has 0 bridgehead atoms. The summed E-state index contributed by atoms with van der Waals surface area (Å²) in [6, 6.07) is 5.47. The zero-order chi connectivity index (χ0) is 17.0. The number of carbonyl (C=O) groups excluding carboxylic acids is 1. The van der Waals surface area contributed by atoms with Crippen LogP contribution in [0.1, 0.15) is 45.1 Å². The van der Waals surface area contributed by atoms with Gasteiger partial charge >= 0.3 is 6.03 Å². The van der Waals surface area contributed by atoms with Crippen LogP contribution in [0.3, 0.4) is 0 Å². The molecule has 0 unspecified atom stereocenters. The van der Waals surface area contributed by atoms with Crippen LogP contribution in [0.4, 0.5) is 10.5 Å². The molecule has 1 aromatic rings. The van der Waals surface area contributed by atoms with Crippen molar-refractivity contribution in [3.05, 3.63) is 23.8 Å². The minimum atomic E-state index is -0.922. The summed E-state index contributed by atoms with van der Waals surface area (Å²) in [5.74, 6) is 0.833. The highest BCUT2D eigenvalue weighted by atomic mass is 16.5. The highest BCUT2D eigenvalue weighted by molar-refractivity contribution is 5.90. The minimum absolute atomic E-state index is 0.242. The fraction of sp³-hybridized carbons (Fsp3) is 0.611. The van der Waals surface area contributed by atoms with Gasteiger partial charge in [0.2, 0.25) is 0 Å². The quantitative estimate of drug-likeness (QED) is 0.872. The lowest BCUT2D eigenvalue weighted by atomic mass is 10.1. The average Bonchev–Trinajstić information content (AvgIpc) is 2.94. The van der Waals surface area contributed by atoms with E-state index in [2.05, 4.69) is 5.32 Å². The number of nitrogens with one attached hydrogen (secondary N) is 1. The van der Waals surface area contributed by atoms with Crippen LogP contribution in [0.15, 0.2) is 18.2 Å². The second-order valence-corrected chi connectivity index (χ2v) is 7.05. The standard InChI is InChI=1S/C18H28N2O3/c1-13-15(19-17(21)20(4)12-18(2,3)22)10-7-11-16(13)23-14-8-5-6-9-14/h7,10-11,14,22H,5-6,8-9,12H2,1-4H3,(H,19,21). The molecule has 0 aromatic heterocycles. The van der Waals surface area contributed by atoms with Crippen molar-refractivity contribution >= 4 is 11.7 Å². The summed E-state index contributed by atoms with van der Waals surface area (Å²) >= 11 is 0. The lowest BCUT2D eigenvalue weighted by molar-refractivity contribution is 0.0550. The van der Waals surface area contributed by atoms with Crippen molar-refractivity contribution in [2.75, 3.05) is 18.9 Å². The average molecular weight is 320 g/mol. The molecule has 5 heteroatoms. The van der Waals surface area contributed by atoms with Crippen LogP contribution in [0.5, 0.6) is 5.75 Å². The first-order chi connectivity index (χ1) is 10.8. The van der Waals surface area contributed by atoms with E-state index in [0.717, 1.165) is 29.8 Å². The van der Waals surface area contributed by atoms with E-state index in [9.17, 15) is 9.90 Å². The molecule has 0 atom stereocenters. The number of hydrogen-bond donors (Lipinski definition) is 2. The zero-order valence-corrected chi connectivity index (χ0v) is 14.6. The molecule has 1 fully saturated rings. The number of urea groups is 1. The van der Waals surface area contributed by atoms with Gasteiger partial charge in [-0.25, -0.2) is 4.79 Å². The predicted molar refractivity (Wildman–Crippen MR) is 92.0 cm³/mol. The van der Waals surface area contributed by atoms with E-state index in [1.807, 2.05) is 25.1 Å². The molecule has 0 spiro atoms. The third-order valence-electron chi connectivity index (χ3n) is 4.09. The first-order valence-corrected chi connectivity index (χ1v) is 8.27. The Bertz CT molecular complexity index is 546. The first-order valence-electron chi connectivity index (χ1n) is 8.27. The van der Waals surface area contributed by atoms with Crippen LogP contribution < -0.4 is 10.1 Å². The number of aliphatic hydroxyl groups is 1. The Hall–Kier alpha value is -1.75. The molecule has 1 aliphatic carbocycles. The molecular formula is C18H28N2O3. The largest absolute Gasteiger partial charge is 0.490 e. The smallest absolute Gasteiger partial charge is 0.321 e. The number of hydrogen-bond acceptors (Lipinski definition) is 3. The highest BCUT2D eigenvalue weighted by Crippen LogP contribution is 2.30. The third kappa shape index (κ3) is 5.13. The van der Waals surface area contributed by atoms with Gasteiger partial charge < -0.3 is 20.1 Å². The number of ether oxygens (including phenoxy) is 1. The van der Waals surface area contributed by atoms with E-state index in [1.54, 1.807) is 20.9 Å². The zero-order valence-electron chi connectivity index (χ0n) is 14.6. The van der Waals surface area contributed by atoms with Crippen molar-refractivity contribution < 1.29 is 14.6 Å². The van der Waals surface area contributed by atoms with E-state index in [1.165, 1.54) is 17.7 Å². The lowest BCUT2D eigenvalue weighted by Gasteiger charge is -2.26. The highest BCUT2D eigenvalue weighted by Gasteiger charge is 2.21. The van der Waals surface area contributed by atoms with Gasteiger partial charge in [-0.15, -0.1) is 0 Å². The molecule has 1 aromatic carbocycles. The number of amides is 2. The van der Waals surface area contributed by atoms with Gasteiger partial charge in [-0.2, -0.15) is 0 Å². The number of carbonyl (C=O) groups is 1. The van der Waals surface area contributed by atoms with Gasteiger partial charge in [0.05, 0.1) is 18.2 Å². The molecule has 1 saturated carbocycles. The first kappa shape index (κ1) is 17.6. The minimum Gasteiger partial charge on any atom is -0.490 e. The summed E-state index contributed by atoms with van der Waals surface area (Å²) in [6.45, 7) is 5.57. The Labute approximate surface area is 138 Å². The molecule has 0 saturated heterocycles. The maximum atomic E-state index is 12.3. The molecule has 2 N–H and O–H groups in total. The van der Waals surface area contributed by atoms with Gasteiger partial charge in [0.1, 0.15) is 5.75 Å². The second-order valence-electron chi connectivity index (χ2n) is 7.05. The maximum absolute atomic E-state index is 12.3. The number of anilines is 1. The Morgan fingerprint density at radius 3 is 2.65 bits per heavy atom. The van der Waals surface area contributed by atoms with E-state index < -0.39 is 5.60 Å². The number of benzene rings is 1. The second kappa shape index (κ2) is 7.21. The molecule has 0 aliphatic heterocycles. The lowest BCUT2D eigenvalue weighted by Crippen LogP contribution is -2.41. The summed E-state index contributed by atoms with van der Waals surface area (Å²) in [5, 5.41) is 12.7. The topological polar surface area (TPSA) is 61.8 Å². The van der Waals surface area contributed by atoms with E-state index in [0.29, 0.717) is 0 Å². The van der Waals surface area contributed by atoms with Crippen LogP contribution >= 0.6 is 0 Å². The van der Waals surface area contributed by atoms with Crippen LogP contribution in [0.25, 0.3) is 0 Å². The van der Waals surface area contributed by atoms with Gasteiger partial charge in [0.25, 0.3) is 0 Å². The van der Waals surface area contributed by atoms with Crippen LogP contribution in [0, 0.1) is 6.92 Å². The van der Waals surface area contributed by atoms with Crippen molar-refractivity contribution in [2.24, 2.45) is 0 Å². The van der Waals surface area contributed by atoms with E-state index in [4.69, 9.17) is 4.74 Å². The van der Waals surface area contributed by atoms with Crippen molar-refractivity contribution in [2.45, 2.75) is 58.2 Å². The molecule has 0 radical (unpaired) electrons. The van der Waals surface area contributed by atoms with Gasteiger partial charge in [-0.3, -0.25) is 0 Å². The van der Waals surface area contributed by atoms with Gasteiger partial charge in [0, 0.05) is 18.3 Å². The number of nitrogens with zero attached hydrogens (tertiary/aromatic N) is 1. The molecule has 5 nitrogen and oxygen atoms in total. The van der Waals surface area contributed by atoms with Crippen molar-refractivity contribution in [1.82, 2.24) is 4.90 Å². The summed E-state index contributed by atoms with van der Waals surface area (Å²) in [5.41, 5.74) is 0.756. The van der Waals surface area contributed by atoms with Crippen molar-refractivity contribution in [3.63, 3.8) is 0 Å². The van der Waals surface area contributed by atoms with Crippen LogP contribution in [-0.4, -0.2) is 41.3 Å². The van der Waals surface area contributed by atoms with Crippen molar-refractivity contribution in [3.8, 4) is 5.75 Å². The summed E-state index contributed by atoms with van der Waals surface area (Å²) in [4.78, 5) is 13.7. The number of likely N-dealkylation sites (N-methyl/N-ethyl adjacent to an activating group) is 1. The van der Waals surface area contributed by atoms with E-state index >= 15 is 0 Å². The van der Waals surface area contributed by atoms with Crippen LogP contribution in [0.2, 0.25) is 0 Å². The fourth-order valence-electron chi connectivity index (χ4n) is 2.93. The number of rotatable bonds is 5. The van der Waals surface area contributed by atoms with E-state index in [-0.39, 0.29) is 18.7 Å². The Balaban J connectivity index is 2.03. The Morgan fingerprint density at radius 1 is 1.39 bits per heavy atom. The predicted octanol–water partition coefficient (Wildman–Crippen LogP) is 3.55. The summed E-state index contributed by atoms with van der Waals surface area (Å²) in [6.07, 6.45) is 4.94. The molecule has 1 aliphatic rings. The molecule has 128 valence electrons.